The smallest absolute Gasteiger partial charge is 0.246 e. The van der Waals surface area contributed by atoms with Crippen molar-refractivity contribution in [3.63, 3.8) is 0 Å². The van der Waals surface area contributed by atoms with Gasteiger partial charge in [-0.2, -0.15) is 0 Å². The van der Waals surface area contributed by atoms with Gasteiger partial charge in [-0.25, -0.2) is 0 Å². The number of hydrogen-bond donors (Lipinski definition) is 6. The van der Waals surface area contributed by atoms with E-state index in [9.17, 15) is 28.8 Å². The Morgan fingerprint density at radius 1 is 0.803 bits per heavy atom. The molecule has 1 fully saturated rings. The third-order valence-corrected chi connectivity index (χ3v) is 11.7. The molecule has 7 N–H and O–H groups in total. The lowest BCUT2D eigenvalue weighted by molar-refractivity contribution is -0.141. The minimum atomic E-state index is -1.10. The van der Waals surface area contributed by atoms with Crippen LogP contribution in [0.5, 0.6) is 5.75 Å². The van der Waals surface area contributed by atoms with Crippen LogP contribution in [0.2, 0.25) is 0 Å². The Hall–Kier alpha value is -6.84. The highest BCUT2D eigenvalue weighted by atomic mass is 16.5. The molecule has 0 radical (unpaired) electrons. The molecule has 0 aromatic heterocycles. The van der Waals surface area contributed by atoms with Gasteiger partial charge in [-0.15, -0.1) is 0 Å². The quantitative estimate of drug-likeness (QED) is 0.103. The number of fused-ring (bicyclic) bond motifs is 3. The third-order valence-electron chi connectivity index (χ3n) is 11.7. The molecule has 6 rings (SSSR count). The first kappa shape index (κ1) is 48.6. The van der Waals surface area contributed by atoms with Crippen LogP contribution in [0.1, 0.15) is 53.5 Å². The SMILES string of the molecule is NCCOCCNC(=O)[C@@H]1CCNC(=O)/C=C/C(=O)N2CCC[C@](Cc3ccccc3)(C2)C(=O)N[C@@H](CCc2cccc(OCc3ccccc3)c2)C(=O)NCc2ccccc2CC(=O)N1. The number of nitrogens with two attached hydrogens (primary N) is 1. The van der Waals surface area contributed by atoms with E-state index in [4.69, 9.17) is 15.2 Å². The van der Waals surface area contributed by atoms with Gasteiger partial charge >= 0.3 is 0 Å². The van der Waals surface area contributed by atoms with Crippen LogP contribution in [0, 0.1) is 5.41 Å². The number of piperidine rings is 1. The molecule has 0 spiro atoms. The van der Waals surface area contributed by atoms with Crippen LogP contribution in [0.3, 0.4) is 0 Å². The molecule has 4 aromatic carbocycles. The molecule has 66 heavy (non-hydrogen) atoms. The summed E-state index contributed by atoms with van der Waals surface area (Å²) in [4.78, 5) is 84.5. The highest BCUT2D eigenvalue weighted by molar-refractivity contribution is 5.97. The lowest BCUT2D eigenvalue weighted by Gasteiger charge is -2.42. The largest absolute Gasteiger partial charge is 0.489 e. The number of nitrogens with zero attached hydrogens (tertiary/aromatic N) is 1. The van der Waals surface area contributed by atoms with E-state index in [1.165, 1.54) is 6.08 Å². The minimum Gasteiger partial charge on any atom is -0.489 e. The Labute approximate surface area is 386 Å². The summed E-state index contributed by atoms with van der Waals surface area (Å²) in [5.74, 6) is -2.01. The van der Waals surface area contributed by atoms with E-state index in [1.807, 2.05) is 97.1 Å². The van der Waals surface area contributed by atoms with Crippen LogP contribution in [0.25, 0.3) is 0 Å². The number of aryl methyl sites for hydroxylation is 1. The zero-order chi connectivity index (χ0) is 46.6. The summed E-state index contributed by atoms with van der Waals surface area (Å²) in [5, 5.41) is 14.4. The first-order valence-electron chi connectivity index (χ1n) is 22.7. The van der Waals surface area contributed by atoms with Gasteiger partial charge in [0.15, 0.2) is 0 Å². The second-order valence-corrected chi connectivity index (χ2v) is 16.7. The predicted octanol–water partition coefficient (Wildman–Crippen LogP) is 3.05. The molecule has 15 nitrogen and oxygen atoms in total. The van der Waals surface area contributed by atoms with E-state index in [-0.39, 0.29) is 58.0 Å². The van der Waals surface area contributed by atoms with Crippen molar-refractivity contribution in [3.8, 4) is 5.75 Å². The molecule has 3 atom stereocenters. The van der Waals surface area contributed by atoms with E-state index in [0.29, 0.717) is 68.9 Å². The number of carbonyl (C=O) groups is 6. The highest BCUT2D eigenvalue weighted by Gasteiger charge is 2.44. The third kappa shape index (κ3) is 14.9. The van der Waals surface area contributed by atoms with Crippen LogP contribution >= 0.6 is 0 Å². The van der Waals surface area contributed by atoms with Crippen LogP contribution in [-0.2, 0) is 65.9 Å². The first-order valence-corrected chi connectivity index (χ1v) is 22.7. The Balaban J connectivity index is 1.27. The summed E-state index contributed by atoms with van der Waals surface area (Å²) in [6.07, 6.45) is 4.22. The van der Waals surface area contributed by atoms with E-state index < -0.39 is 47.0 Å². The fourth-order valence-corrected chi connectivity index (χ4v) is 8.24. The number of benzene rings is 4. The van der Waals surface area contributed by atoms with Gasteiger partial charge in [0.2, 0.25) is 35.4 Å². The van der Waals surface area contributed by atoms with Gasteiger partial charge in [-0.3, -0.25) is 28.8 Å². The topological polar surface area (TPSA) is 210 Å². The fourth-order valence-electron chi connectivity index (χ4n) is 8.24. The predicted molar refractivity (Wildman–Crippen MR) is 249 cm³/mol. The van der Waals surface area contributed by atoms with Crippen molar-refractivity contribution in [2.24, 2.45) is 11.1 Å². The van der Waals surface area contributed by atoms with E-state index in [1.54, 1.807) is 17.0 Å². The molecule has 2 aliphatic rings. The van der Waals surface area contributed by atoms with E-state index in [2.05, 4.69) is 26.6 Å². The van der Waals surface area contributed by atoms with Crippen molar-refractivity contribution >= 4 is 35.4 Å². The number of carbonyl (C=O) groups excluding carboxylic acids is 6. The summed E-state index contributed by atoms with van der Waals surface area (Å²) < 4.78 is 11.5. The maximum absolute atomic E-state index is 14.9. The molecule has 348 valence electrons. The maximum atomic E-state index is 14.9. The highest BCUT2D eigenvalue weighted by Crippen LogP contribution is 2.35. The maximum Gasteiger partial charge on any atom is 0.246 e. The van der Waals surface area contributed by atoms with Crippen molar-refractivity contribution in [1.82, 2.24) is 31.5 Å². The Bertz CT molecular complexity index is 2290. The van der Waals surface area contributed by atoms with E-state index in [0.717, 1.165) is 22.8 Å². The van der Waals surface area contributed by atoms with Gasteiger partial charge in [0, 0.05) is 51.4 Å². The molecular formula is C51H61N7O8. The molecule has 6 amide bonds. The lowest BCUT2D eigenvalue weighted by atomic mass is 9.74. The number of hydrogen-bond acceptors (Lipinski definition) is 9. The molecule has 15 heteroatoms. The average molecular weight is 900 g/mol. The van der Waals surface area contributed by atoms with Crippen molar-refractivity contribution in [3.05, 3.63) is 149 Å². The molecular weight excluding hydrogens is 839 g/mol. The standard InChI is InChI=1S/C51H61N7O8/c52-25-29-65-30-27-54-48(62)44-23-26-53-45(59)21-22-47(61)58-28-10-24-51(36-58,33-38-11-3-1-4-12-38)50(64)57-43(49(63)55-34-41-17-8-7-16-40(41)32-46(60)56-44)20-19-37-15-9-18-42(31-37)66-35-39-13-5-2-6-14-39/h1-9,11-18,21-22,31,43-44H,10,19-20,23-30,32-36,52H2,(H,53,59)(H,54,62)(H,55,63)(H,56,60)(H,57,64)/b22-21+/t43-,44-,51-/m0/s1. The molecule has 2 bridgehead atoms. The van der Waals surface area contributed by atoms with Gasteiger partial charge in [-0.1, -0.05) is 97.1 Å². The normalized spacial score (nSPS) is 20.5. The number of nitrogens with one attached hydrogen (secondary N) is 5. The van der Waals surface area contributed by atoms with Crippen LogP contribution < -0.4 is 37.1 Å². The van der Waals surface area contributed by atoms with Gasteiger partial charge in [0.05, 0.1) is 25.0 Å². The first-order chi connectivity index (χ1) is 32.1. The summed E-state index contributed by atoms with van der Waals surface area (Å²) in [6.45, 7) is 1.98. The van der Waals surface area contributed by atoms with Gasteiger partial charge < -0.3 is 46.7 Å². The van der Waals surface area contributed by atoms with Crippen molar-refractivity contribution in [2.75, 3.05) is 45.9 Å². The summed E-state index contributed by atoms with van der Waals surface area (Å²) >= 11 is 0. The minimum absolute atomic E-state index is 0.0146. The Kier molecular flexibility index (Phi) is 18.4. The Morgan fingerprint density at radius 2 is 1.53 bits per heavy atom. The van der Waals surface area contributed by atoms with Gasteiger partial charge in [-0.05, 0) is 78.5 Å². The molecule has 0 aliphatic carbocycles. The zero-order valence-electron chi connectivity index (χ0n) is 37.3. The Morgan fingerprint density at radius 3 is 2.30 bits per heavy atom. The molecule has 2 heterocycles. The zero-order valence-corrected chi connectivity index (χ0v) is 37.3. The van der Waals surface area contributed by atoms with Crippen molar-refractivity contribution < 1.29 is 38.2 Å². The molecule has 2 aliphatic heterocycles. The second-order valence-electron chi connectivity index (χ2n) is 16.7. The monoisotopic (exact) mass is 899 g/mol. The van der Waals surface area contributed by atoms with Crippen LogP contribution in [-0.4, -0.2) is 98.4 Å². The van der Waals surface area contributed by atoms with Crippen LogP contribution in [0.4, 0.5) is 0 Å². The summed E-state index contributed by atoms with van der Waals surface area (Å²) in [5.41, 5.74) is 8.54. The molecule has 1 saturated heterocycles. The number of ether oxygens (including phenoxy) is 2. The summed E-state index contributed by atoms with van der Waals surface area (Å²) in [6, 6.07) is 32.3. The van der Waals surface area contributed by atoms with Gasteiger partial charge in [0.25, 0.3) is 0 Å². The van der Waals surface area contributed by atoms with Crippen molar-refractivity contribution in [2.45, 2.75) is 70.2 Å². The molecule has 4 aromatic rings. The second kappa shape index (κ2) is 25.0. The fraction of sp³-hybridized carbons (Fsp3) is 0.373. The van der Waals surface area contributed by atoms with Gasteiger partial charge in [0.1, 0.15) is 24.4 Å². The number of rotatable bonds is 14. The van der Waals surface area contributed by atoms with Crippen LogP contribution in [0.15, 0.2) is 121 Å². The van der Waals surface area contributed by atoms with Crippen molar-refractivity contribution in [1.29, 1.82) is 0 Å². The van der Waals surface area contributed by atoms with E-state index >= 15 is 0 Å². The summed E-state index contributed by atoms with van der Waals surface area (Å²) in [7, 11) is 0. The molecule has 0 unspecified atom stereocenters. The average Bonchev–Trinajstić information content (AvgIpc) is 3.33. The molecule has 0 saturated carbocycles. The lowest BCUT2D eigenvalue weighted by Crippen LogP contribution is -2.58. The number of amides is 6.